The maximum Gasteiger partial charge on any atom is 0.317 e. The van der Waals surface area contributed by atoms with Crippen LogP contribution in [0.5, 0.6) is 0 Å². The van der Waals surface area contributed by atoms with Crippen LogP contribution in [0.3, 0.4) is 0 Å². The summed E-state index contributed by atoms with van der Waals surface area (Å²) in [4.78, 5) is 43.1. The summed E-state index contributed by atoms with van der Waals surface area (Å²) in [7, 11) is 0. The fourth-order valence-corrected chi connectivity index (χ4v) is 18.6. The van der Waals surface area contributed by atoms with Gasteiger partial charge in [0.25, 0.3) is 0 Å². The van der Waals surface area contributed by atoms with Crippen LogP contribution in [0.4, 0.5) is 0 Å². The van der Waals surface area contributed by atoms with Gasteiger partial charge in [0.1, 0.15) is 84.8 Å². The van der Waals surface area contributed by atoms with E-state index in [-0.39, 0.29) is 30.6 Å². The first-order valence-electron chi connectivity index (χ1n) is 32.7. The fourth-order valence-electron chi connectivity index (χ4n) is 18.6. The molecule has 93 heavy (non-hydrogen) atoms. The zero-order valence-corrected chi connectivity index (χ0v) is 53.7. The van der Waals surface area contributed by atoms with Crippen molar-refractivity contribution in [2.24, 2.45) is 50.2 Å². The van der Waals surface area contributed by atoms with Crippen LogP contribution in [-0.4, -0.2) is 287 Å². The SMILES string of the molecule is C[C@@H]1O[C@H]2O[C@H]3[C@H](OC[C@H](O)[C@@H]3O)OC(=O)[C@]34CCC(C)(C)C[C@H]3C3=CC[C@H]5[C@@]6(C)C[C@H](O)[C@H](O[C@H]7O[C@@H](CO)[C@@H](O)[C@@H](O)[C@@H]7O[C@H]7OC[C@@H](OC(=O)C[C@](C)(O)CC(=O)O[C@@H]1[C@H](O[C@H]1OC[C@H](O)[C@@H](O)[C@@H]1O)[C@H]2O)[C@@H](O)[C@H]7O)[C@@](C)(CO)[C@@H]6CC[C@@]5(C)[C@]3(C)C[C@H]4O. The largest absolute Gasteiger partial charge is 0.457 e. The smallest absolute Gasteiger partial charge is 0.317 e. The molecule has 12 aliphatic heterocycles. The lowest BCUT2D eigenvalue weighted by atomic mass is 9.33. The van der Waals surface area contributed by atoms with Gasteiger partial charge in [-0.2, -0.15) is 0 Å². The van der Waals surface area contributed by atoms with Gasteiger partial charge in [-0.05, 0) is 105 Å². The van der Waals surface area contributed by atoms with Gasteiger partial charge in [0.2, 0.25) is 6.29 Å². The standard InChI is InChI=1S/C63H98O30/c1-25-46-47(89-51-43(77)38(72)29(67)21-82-51)45(79)53(85-25)91-48-39(73)30(68)22-83-54(48)93-56(80)63-14-13-57(2,3)15-27(63)26-9-10-34-59(5)16-28(66)50(60(6,24-65)33(59)11-12-61(34,7)62(26,8)17-35(63)69)92-55-49(42(76)40(74)31(20-64)87-55)90-52-44(78)41(75)32(23-84-52)86-36(70)18-58(4,81)19-37(71)88-46/h9,25,27-35,38-55,64-69,72-79,81H,10-24H2,1-8H3/t25-,27-,28-,29-,30-,31-,32+,33+,34-,35+,38+,39-,40+,41+,42+,43-,44+,45+,46-,47+,48+,49-,50-,51+,52+,53-,54+,55+,58-,59-,60-,61+,62+,63+/m0/s1. The minimum Gasteiger partial charge on any atom is -0.457 e. The van der Waals surface area contributed by atoms with E-state index in [0.717, 1.165) is 12.5 Å². The van der Waals surface area contributed by atoms with Crippen molar-refractivity contribution in [2.45, 2.75) is 279 Å². The van der Waals surface area contributed by atoms with E-state index in [9.17, 15) is 86.2 Å². The van der Waals surface area contributed by atoms with E-state index < -0.39 is 262 Å². The van der Waals surface area contributed by atoms with Gasteiger partial charge in [0.05, 0.1) is 75.9 Å². The highest BCUT2D eigenvalue weighted by Gasteiger charge is 2.73. The van der Waals surface area contributed by atoms with Gasteiger partial charge in [-0.15, -0.1) is 0 Å². The lowest BCUT2D eigenvalue weighted by Crippen LogP contribution is -2.71. The molecule has 4 saturated carbocycles. The Labute approximate surface area is 537 Å². The first kappa shape index (κ1) is 71.5. The van der Waals surface area contributed by atoms with E-state index in [4.69, 9.17) is 56.8 Å². The minimum atomic E-state index is -2.31. The third-order valence-corrected chi connectivity index (χ3v) is 24.0. The molecule has 30 nitrogen and oxygen atoms in total. The Kier molecular flexibility index (Phi) is 20.0. The van der Waals surface area contributed by atoms with Crippen LogP contribution in [0.1, 0.15) is 120 Å². The van der Waals surface area contributed by atoms with Crippen molar-refractivity contribution in [2.75, 3.05) is 33.0 Å². The summed E-state index contributed by atoms with van der Waals surface area (Å²) in [5, 5.41) is 172. The van der Waals surface area contributed by atoms with E-state index in [1.165, 1.54) is 6.92 Å². The summed E-state index contributed by atoms with van der Waals surface area (Å²) in [6.07, 6.45) is -41.1. The highest BCUT2D eigenvalue weighted by molar-refractivity contribution is 5.80. The number of rotatable bonds is 4. The van der Waals surface area contributed by atoms with E-state index in [1.54, 1.807) is 6.92 Å². The molecule has 17 rings (SSSR count). The van der Waals surface area contributed by atoms with Crippen molar-refractivity contribution in [1.82, 2.24) is 0 Å². The monoisotopic (exact) mass is 1330 g/mol. The van der Waals surface area contributed by atoms with Crippen molar-refractivity contribution in [3.05, 3.63) is 11.6 Å². The number of aliphatic hydroxyl groups is 15. The molecule has 15 N–H and O–H groups in total. The Balaban J connectivity index is 0.961. The Morgan fingerprint density at radius 3 is 1.90 bits per heavy atom. The molecule has 30 heteroatoms. The molecule has 0 radical (unpaired) electrons. The molecule has 17 aliphatic rings. The van der Waals surface area contributed by atoms with Gasteiger partial charge in [0.15, 0.2) is 43.5 Å². The van der Waals surface area contributed by atoms with Crippen LogP contribution in [0.15, 0.2) is 11.6 Å². The van der Waals surface area contributed by atoms with Gasteiger partial charge in [0, 0.05) is 5.41 Å². The van der Waals surface area contributed by atoms with E-state index in [1.807, 2.05) is 0 Å². The van der Waals surface area contributed by atoms with Gasteiger partial charge in [-0.25, -0.2) is 0 Å². The molecule has 0 amide bonds. The maximum atomic E-state index is 15.7. The van der Waals surface area contributed by atoms with Crippen molar-refractivity contribution in [3.8, 4) is 0 Å². The number of carbonyl (C=O) groups excluding carboxylic acids is 3. The predicted octanol–water partition coefficient (Wildman–Crippen LogP) is -3.71. The Morgan fingerprint density at radius 2 is 1.22 bits per heavy atom. The average molecular weight is 1340 g/mol. The first-order chi connectivity index (χ1) is 43.5. The Morgan fingerprint density at radius 1 is 0.570 bits per heavy atom. The molecule has 8 saturated heterocycles. The molecule has 530 valence electrons. The minimum absolute atomic E-state index is 0.0693. The number of esters is 3. The summed E-state index contributed by atoms with van der Waals surface area (Å²) >= 11 is 0. The van der Waals surface area contributed by atoms with Crippen LogP contribution in [0.25, 0.3) is 0 Å². The van der Waals surface area contributed by atoms with Crippen molar-refractivity contribution in [1.29, 1.82) is 0 Å². The Hall–Kier alpha value is -2.81. The summed E-state index contributed by atoms with van der Waals surface area (Å²) in [6, 6.07) is 0. The maximum absolute atomic E-state index is 15.7. The van der Waals surface area contributed by atoms with Crippen molar-refractivity contribution < 1.29 is 148 Å². The van der Waals surface area contributed by atoms with Crippen molar-refractivity contribution in [3.63, 3.8) is 0 Å². The third-order valence-electron chi connectivity index (χ3n) is 24.0. The molecule has 0 aromatic rings. The van der Waals surface area contributed by atoms with E-state index >= 15 is 4.79 Å². The molecule has 0 aromatic heterocycles. The normalized spacial score (nSPS) is 54.8. The second-order valence-electron chi connectivity index (χ2n) is 30.6. The topological polar surface area (TPSA) is 465 Å². The molecule has 1 spiro atoms. The third kappa shape index (κ3) is 12.3. The van der Waals surface area contributed by atoms with Crippen molar-refractivity contribution >= 4 is 17.9 Å². The van der Waals surface area contributed by atoms with Crippen LogP contribution in [0, 0.1) is 50.2 Å². The number of allylic oxidation sites excluding steroid dienone is 2. The summed E-state index contributed by atoms with van der Waals surface area (Å²) in [6.45, 7) is 11.5. The van der Waals surface area contributed by atoms with Gasteiger partial charge >= 0.3 is 17.9 Å². The Bertz CT molecular complexity index is 2740. The molecular weight excluding hydrogens is 1240 g/mol. The predicted molar refractivity (Wildman–Crippen MR) is 308 cm³/mol. The van der Waals surface area contributed by atoms with Gasteiger partial charge in [-0.1, -0.05) is 53.2 Å². The summed E-state index contributed by atoms with van der Waals surface area (Å²) < 4.78 is 72.0. The van der Waals surface area contributed by atoms with Crippen LogP contribution < -0.4 is 0 Å². The average Bonchev–Trinajstić information content (AvgIpc) is 0.671. The lowest BCUT2D eigenvalue weighted by molar-refractivity contribution is -0.377. The molecule has 0 unspecified atom stereocenters. The molecule has 12 heterocycles. The molecule has 5 aliphatic carbocycles. The van der Waals surface area contributed by atoms with Gasteiger partial charge in [-0.3, -0.25) is 14.4 Å². The zero-order chi connectivity index (χ0) is 67.8. The van der Waals surface area contributed by atoms with Gasteiger partial charge < -0.3 is 133 Å². The van der Waals surface area contributed by atoms with E-state index in [0.29, 0.717) is 32.1 Å². The molecule has 0 aromatic carbocycles. The van der Waals surface area contributed by atoms with E-state index in [2.05, 4.69) is 40.7 Å². The van der Waals surface area contributed by atoms with Crippen LogP contribution in [0.2, 0.25) is 0 Å². The first-order valence-corrected chi connectivity index (χ1v) is 32.7. The zero-order valence-electron chi connectivity index (χ0n) is 53.7. The quantitative estimate of drug-likeness (QED) is 0.0557. The second-order valence-corrected chi connectivity index (χ2v) is 30.6. The molecule has 12 bridgehead atoms. The van der Waals surface area contributed by atoms with Crippen LogP contribution >= 0.6 is 0 Å². The number of aliphatic hydroxyl groups excluding tert-OH is 14. The van der Waals surface area contributed by atoms with Crippen LogP contribution in [-0.2, 0) is 71.2 Å². The number of hydrogen-bond acceptors (Lipinski definition) is 30. The number of carbonyl (C=O) groups is 3. The number of ether oxygens (including phenoxy) is 12. The summed E-state index contributed by atoms with van der Waals surface area (Å²) in [5.74, 6) is -4.65. The number of hydrogen-bond donors (Lipinski definition) is 15. The summed E-state index contributed by atoms with van der Waals surface area (Å²) in [5.41, 5.74) is -6.89. The highest BCUT2D eigenvalue weighted by Crippen LogP contribution is 2.76. The molecular formula is C63H98O30. The lowest BCUT2D eigenvalue weighted by Gasteiger charge is -2.72. The molecule has 12 fully saturated rings. The second kappa shape index (κ2) is 26.0. The highest BCUT2D eigenvalue weighted by atomic mass is 16.8. The fraction of sp³-hybridized carbons (Fsp3) is 0.921. The molecule has 34 atom stereocenters.